The summed E-state index contributed by atoms with van der Waals surface area (Å²) in [5, 5.41) is 3.53. The lowest BCUT2D eigenvalue weighted by Crippen LogP contribution is -2.22. The summed E-state index contributed by atoms with van der Waals surface area (Å²) in [4.78, 5) is 13.0. The highest BCUT2D eigenvalue weighted by Crippen LogP contribution is 2.36. The Morgan fingerprint density at radius 1 is 1.19 bits per heavy atom. The first-order chi connectivity index (χ1) is 12.6. The molecule has 1 heterocycles. The van der Waals surface area contributed by atoms with Crippen molar-refractivity contribution in [3.63, 3.8) is 0 Å². The average molecular weight is 427 g/mol. The van der Waals surface area contributed by atoms with Gasteiger partial charge in [-0.3, -0.25) is 4.79 Å². The minimum atomic E-state index is -3.63. The first-order valence-electron chi connectivity index (χ1n) is 7.83. The van der Waals surface area contributed by atoms with E-state index in [1.165, 1.54) is 44.4 Å². The molecule has 0 aliphatic carbocycles. The topological polar surface area (TPSA) is 66.5 Å². The summed E-state index contributed by atoms with van der Waals surface area (Å²) < 4.78 is 39.7. The quantitative estimate of drug-likeness (QED) is 0.667. The van der Waals surface area contributed by atoms with Crippen molar-refractivity contribution in [1.29, 1.82) is 0 Å². The maximum atomic E-state index is 13.4. The molecule has 0 spiro atoms. The number of thiophene rings is 1. The van der Waals surface area contributed by atoms with Gasteiger partial charge in [0, 0.05) is 29.9 Å². The Balaban J connectivity index is 1.98. The molecule has 0 atom stereocenters. The van der Waals surface area contributed by atoms with Crippen LogP contribution in [0, 0.1) is 12.7 Å². The molecule has 0 fully saturated rings. The van der Waals surface area contributed by atoms with Crippen LogP contribution in [-0.4, -0.2) is 32.7 Å². The van der Waals surface area contributed by atoms with Gasteiger partial charge in [0.15, 0.2) is 0 Å². The molecule has 5 nitrogen and oxygen atoms in total. The average Bonchev–Trinajstić information content (AvgIpc) is 2.92. The van der Waals surface area contributed by atoms with E-state index in [0.717, 1.165) is 15.6 Å². The fraction of sp³-hybridized carbons (Fsp3) is 0.167. The van der Waals surface area contributed by atoms with Gasteiger partial charge in [-0.15, -0.1) is 11.3 Å². The van der Waals surface area contributed by atoms with Gasteiger partial charge in [-0.1, -0.05) is 17.7 Å². The molecule has 1 amide bonds. The van der Waals surface area contributed by atoms with E-state index in [2.05, 4.69) is 5.32 Å². The summed E-state index contributed by atoms with van der Waals surface area (Å²) in [7, 11) is -0.765. The van der Waals surface area contributed by atoms with E-state index in [9.17, 15) is 17.6 Å². The zero-order valence-electron chi connectivity index (χ0n) is 14.7. The van der Waals surface area contributed by atoms with Crippen LogP contribution in [-0.2, 0) is 10.0 Å². The lowest BCUT2D eigenvalue weighted by Gasteiger charge is -2.14. The molecule has 3 aromatic rings. The number of anilines is 1. The van der Waals surface area contributed by atoms with E-state index in [4.69, 9.17) is 11.6 Å². The Morgan fingerprint density at radius 3 is 2.56 bits per heavy atom. The number of aryl methyl sites for hydroxylation is 1. The fourth-order valence-electron chi connectivity index (χ4n) is 2.47. The first-order valence-corrected chi connectivity index (χ1v) is 10.5. The number of benzene rings is 2. The van der Waals surface area contributed by atoms with Gasteiger partial charge in [0.2, 0.25) is 10.0 Å². The van der Waals surface area contributed by atoms with Crippen LogP contribution in [0.3, 0.4) is 0 Å². The summed E-state index contributed by atoms with van der Waals surface area (Å²) >= 11 is 7.36. The number of hydrogen-bond acceptors (Lipinski definition) is 4. The zero-order chi connectivity index (χ0) is 19.9. The SMILES string of the molecule is Cc1ccc(S(=O)(=O)N(C)C)cc1NC(=O)c1sc2cc(F)ccc2c1Cl. The van der Waals surface area contributed by atoms with Gasteiger partial charge < -0.3 is 5.32 Å². The van der Waals surface area contributed by atoms with Gasteiger partial charge in [-0.25, -0.2) is 17.1 Å². The number of sulfonamides is 1. The number of rotatable bonds is 4. The van der Waals surface area contributed by atoms with Crippen molar-refractivity contribution in [1.82, 2.24) is 4.31 Å². The Labute approximate surface area is 165 Å². The molecular weight excluding hydrogens is 411 g/mol. The van der Waals surface area contributed by atoms with Crippen LogP contribution in [0.15, 0.2) is 41.3 Å². The van der Waals surface area contributed by atoms with Crippen molar-refractivity contribution >= 4 is 54.6 Å². The normalized spacial score (nSPS) is 11.9. The molecule has 0 radical (unpaired) electrons. The Bertz CT molecular complexity index is 1160. The maximum absolute atomic E-state index is 13.4. The number of amides is 1. The van der Waals surface area contributed by atoms with Crippen molar-refractivity contribution in [3.8, 4) is 0 Å². The highest BCUT2D eigenvalue weighted by atomic mass is 35.5. The smallest absolute Gasteiger partial charge is 0.267 e. The number of fused-ring (bicyclic) bond motifs is 1. The van der Waals surface area contributed by atoms with Gasteiger partial charge >= 0.3 is 0 Å². The van der Waals surface area contributed by atoms with Crippen molar-refractivity contribution in [3.05, 3.63) is 57.7 Å². The summed E-state index contributed by atoms with van der Waals surface area (Å²) in [5.41, 5.74) is 1.06. The van der Waals surface area contributed by atoms with E-state index in [0.29, 0.717) is 21.3 Å². The van der Waals surface area contributed by atoms with Crippen LogP contribution in [0.1, 0.15) is 15.2 Å². The molecule has 3 rings (SSSR count). The molecule has 2 aromatic carbocycles. The number of nitrogens with one attached hydrogen (secondary N) is 1. The molecule has 1 aromatic heterocycles. The molecule has 0 unspecified atom stereocenters. The lowest BCUT2D eigenvalue weighted by atomic mass is 10.2. The maximum Gasteiger partial charge on any atom is 0.267 e. The Hall–Kier alpha value is -2.00. The van der Waals surface area contributed by atoms with Crippen LogP contribution in [0.2, 0.25) is 5.02 Å². The molecule has 0 aliphatic heterocycles. The Kier molecular flexibility index (Phi) is 5.27. The largest absolute Gasteiger partial charge is 0.321 e. The molecular formula is C18H16ClFN2O3S2. The second kappa shape index (κ2) is 7.20. The minimum absolute atomic E-state index is 0.0675. The monoisotopic (exact) mass is 426 g/mol. The number of carbonyl (C=O) groups is 1. The van der Waals surface area contributed by atoms with Gasteiger partial charge in [-0.05, 0) is 42.8 Å². The highest BCUT2D eigenvalue weighted by molar-refractivity contribution is 7.89. The van der Waals surface area contributed by atoms with Crippen LogP contribution in [0.4, 0.5) is 10.1 Å². The summed E-state index contributed by atoms with van der Waals surface area (Å²) in [6, 6.07) is 8.63. The van der Waals surface area contributed by atoms with Crippen LogP contribution in [0.25, 0.3) is 10.1 Å². The molecule has 0 saturated carbocycles. The third-order valence-electron chi connectivity index (χ3n) is 4.03. The molecule has 0 bridgehead atoms. The number of carbonyl (C=O) groups excluding carboxylic acids is 1. The van der Waals surface area contributed by atoms with Crippen molar-refractivity contribution in [2.24, 2.45) is 0 Å². The summed E-state index contributed by atoms with van der Waals surface area (Å²) in [6.45, 7) is 1.75. The predicted octanol–water partition coefficient (Wildman–Crippen LogP) is 4.50. The van der Waals surface area contributed by atoms with Gasteiger partial charge in [-0.2, -0.15) is 0 Å². The van der Waals surface area contributed by atoms with E-state index < -0.39 is 21.7 Å². The van der Waals surface area contributed by atoms with E-state index in [1.54, 1.807) is 13.0 Å². The lowest BCUT2D eigenvalue weighted by molar-refractivity contribution is 0.103. The van der Waals surface area contributed by atoms with E-state index in [-0.39, 0.29) is 14.8 Å². The number of hydrogen-bond donors (Lipinski definition) is 1. The molecule has 9 heteroatoms. The highest BCUT2D eigenvalue weighted by Gasteiger charge is 2.21. The first kappa shape index (κ1) is 19.8. The fourth-order valence-corrected chi connectivity index (χ4v) is 4.84. The van der Waals surface area contributed by atoms with Crippen molar-refractivity contribution in [2.75, 3.05) is 19.4 Å². The number of halogens is 2. The van der Waals surface area contributed by atoms with Gasteiger partial charge in [0.1, 0.15) is 10.7 Å². The van der Waals surface area contributed by atoms with Gasteiger partial charge in [0.25, 0.3) is 5.91 Å². The minimum Gasteiger partial charge on any atom is -0.321 e. The molecule has 142 valence electrons. The van der Waals surface area contributed by atoms with E-state index >= 15 is 0 Å². The second-order valence-corrected chi connectivity index (χ2v) is 9.69. The zero-order valence-corrected chi connectivity index (χ0v) is 17.1. The van der Waals surface area contributed by atoms with Crippen LogP contribution in [0.5, 0.6) is 0 Å². The van der Waals surface area contributed by atoms with E-state index in [1.807, 2.05) is 0 Å². The van der Waals surface area contributed by atoms with Crippen molar-refractivity contribution < 1.29 is 17.6 Å². The van der Waals surface area contributed by atoms with Crippen molar-refractivity contribution in [2.45, 2.75) is 11.8 Å². The third kappa shape index (κ3) is 3.70. The molecule has 0 aliphatic rings. The van der Waals surface area contributed by atoms with Gasteiger partial charge in [0.05, 0.1) is 9.92 Å². The summed E-state index contributed by atoms with van der Waals surface area (Å²) in [6.07, 6.45) is 0. The predicted molar refractivity (Wildman–Crippen MR) is 107 cm³/mol. The second-order valence-electron chi connectivity index (χ2n) is 6.10. The van der Waals surface area contributed by atoms with Crippen LogP contribution >= 0.6 is 22.9 Å². The molecule has 1 N–H and O–H groups in total. The third-order valence-corrected chi connectivity index (χ3v) is 7.50. The summed E-state index contributed by atoms with van der Waals surface area (Å²) in [5.74, 6) is -0.895. The van der Waals surface area contributed by atoms with Crippen LogP contribution < -0.4 is 5.32 Å². The molecule has 27 heavy (non-hydrogen) atoms. The standard InChI is InChI=1S/C18H16ClFN2O3S2/c1-10-4-6-12(27(24,25)22(2)3)9-14(10)21-18(23)17-16(19)13-7-5-11(20)8-15(13)26-17/h4-9H,1-3H3,(H,21,23). The molecule has 0 saturated heterocycles. The number of nitrogens with zero attached hydrogens (tertiary/aromatic N) is 1. The Morgan fingerprint density at radius 2 is 1.89 bits per heavy atom.